The third-order valence-electron chi connectivity index (χ3n) is 3.36. The molecule has 5 heteroatoms. The molecule has 0 aliphatic carbocycles. The largest absolute Gasteiger partial charge is 0.320 e. The van der Waals surface area contributed by atoms with Crippen LogP contribution in [0.5, 0.6) is 0 Å². The molecule has 1 amide bonds. The highest BCUT2D eigenvalue weighted by Gasteiger charge is 2.20. The van der Waals surface area contributed by atoms with Crippen molar-refractivity contribution in [2.75, 3.05) is 5.32 Å². The number of carbonyl (C=O) groups is 1. The number of nitrogens with one attached hydrogen (secondary N) is 1. The molecule has 0 spiro atoms. The molecule has 2 rings (SSSR count). The molecule has 1 unspecified atom stereocenters. The Bertz CT molecular complexity index is 603. The van der Waals surface area contributed by atoms with Crippen LogP contribution in [0.4, 0.5) is 5.95 Å². The number of fused-ring (bicyclic) bond motifs is 1. The Hall–Kier alpha value is -1.88. The summed E-state index contributed by atoms with van der Waals surface area (Å²) < 4.78 is 2.03. The Morgan fingerprint density at radius 2 is 2.10 bits per heavy atom. The van der Waals surface area contributed by atoms with Crippen LogP contribution in [0, 0.1) is 5.92 Å². The van der Waals surface area contributed by atoms with Gasteiger partial charge in [-0.15, -0.1) is 0 Å². The van der Waals surface area contributed by atoms with Crippen LogP contribution < -0.4 is 11.1 Å². The predicted molar refractivity (Wildman–Crippen MR) is 81.5 cm³/mol. The third kappa shape index (κ3) is 2.82. The molecule has 1 atom stereocenters. The average molecular weight is 274 g/mol. The lowest BCUT2D eigenvalue weighted by molar-refractivity contribution is -0.118. The van der Waals surface area contributed by atoms with Crippen molar-refractivity contribution in [3.63, 3.8) is 0 Å². The number of hydrogen-bond donors (Lipinski definition) is 2. The summed E-state index contributed by atoms with van der Waals surface area (Å²) in [5, 5.41) is 2.85. The Morgan fingerprint density at radius 3 is 2.75 bits per heavy atom. The summed E-state index contributed by atoms with van der Waals surface area (Å²) >= 11 is 0. The number of carbonyl (C=O) groups excluding carboxylic acids is 1. The maximum atomic E-state index is 12.1. The van der Waals surface area contributed by atoms with E-state index in [0.29, 0.717) is 5.95 Å². The van der Waals surface area contributed by atoms with Crippen molar-refractivity contribution < 1.29 is 4.79 Å². The van der Waals surface area contributed by atoms with Gasteiger partial charge in [-0.25, -0.2) is 4.98 Å². The highest BCUT2D eigenvalue weighted by Crippen LogP contribution is 2.20. The van der Waals surface area contributed by atoms with E-state index in [1.165, 1.54) is 0 Å². The van der Waals surface area contributed by atoms with Gasteiger partial charge in [0.2, 0.25) is 11.9 Å². The number of hydrogen-bond acceptors (Lipinski definition) is 3. The molecule has 0 saturated heterocycles. The van der Waals surface area contributed by atoms with Crippen molar-refractivity contribution in [2.45, 2.75) is 39.8 Å². The first-order chi connectivity index (χ1) is 9.54. The first-order valence-corrected chi connectivity index (χ1v) is 7.06. The lowest BCUT2D eigenvalue weighted by atomic mass is 10.1. The van der Waals surface area contributed by atoms with Gasteiger partial charge in [0.05, 0.1) is 17.1 Å². The summed E-state index contributed by atoms with van der Waals surface area (Å²) in [5.41, 5.74) is 7.79. The van der Waals surface area contributed by atoms with Gasteiger partial charge in [-0.05, 0) is 24.5 Å². The Labute approximate surface area is 119 Å². The van der Waals surface area contributed by atoms with Crippen LogP contribution in [0.1, 0.15) is 27.2 Å². The Kier molecular flexibility index (Phi) is 4.39. The number of nitrogens with zero attached hydrogens (tertiary/aromatic N) is 2. The van der Waals surface area contributed by atoms with E-state index in [9.17, 15) is 4.79 Å². The zero-order valence-electron chi connectivity index (χ0n) is 12.3. The van der Waals surface area contributed by atoms with Gasteiger partial charge >= 0.3 is 0 Å². The van der Waals surface area contributed by atoms with Gasteiger partial charge in [-0.1, -0.05) is 32.9 Å². The van der Waals surface area contributed by atoms with Crippen molar-refractivity contribution in [1.29, 1.82) is 0 Å². The zero-order chi connectivity index (χ0) is 14.7. The van der Waals surface area contributed by atoms with Crippen LogP contribution in [0.25, 0.3) is 11.0 Å². The number of imidazole rings is 1. The molecule has 20 heavy (non-hydrogen) atoms. The van der Waals surface area contributed by atoms with Crippen LogP contribution in [-0.2, 0) is 11.3 Å². The van der Waals surface area contributed by atoms with E-state index in [2.05, 4.69) is 17.2 Å². The average Bonchev–Trinajstić information content (AvgIpc) is 2.76. The topological polar surface area (TPSA) is 72.9 Å². The number of amides is 1. The molecular formula is C15H22N4O. The van der Waals surface area contributed by atoms with Gasteiger partial charge in [0.1, 0.15) is 0 Å². The fourth-order valence-electron chi connectivity index (χ4n) is 2.12. The fourth-order valence-corrected chi connectivity index (χ4v) is 2.12. The summed E-state index contributed by atoms with van der Waals surface area (Å²) in [5.74, 6) is 0.487. The minimum Gasteiger partial charge on any atom is -0.320 e. The minimum absolute atomic E-state index is 0.0963. The van der Waals surface area contributed by atoms with E-state index in [1.807, 2.05) is 42.7 Å². The molecule has 0 fully saturated rings. The molecular weight excluding hydrogens is 252 g/mol. The maximum absolute atomic E-state index is 12.1. The van der Waals surface area contributed by atoms with E-state index >= 15 is 0 Å². The molecule has 0 radical (unpaired) electrons. The van der Waals surface area contributed by atoms with E-state index in [0.717, 1.165) is 24.0 Å². The summed E-state index contributed by atoms with van der Waals surface area (Å²) in [6, 6.07) is 7.35. The van der Waals surface area contributed by atoms with Crippen molar-refractivity contribution in [3.8, 4) is 0 Å². The lowest BCUT2D eigenvalue weighted by Gasteiger charge is -2.15. The lowest BCUT2D eigenvalue weighted by Crippen LogP contribution is -2.40. The summed E-state index contributed by atoms with van der Waals surface area (Å²) in [4.78, 5) is 16.6. The molecule has 1 aromatic carbocycles. The van der Waals surface area contributed by atoms with Gasteiger partial charge < -0.3 is 10.3 Å². The predicted octanol–water partition coefficient (Wildman–Crippen LogP) is 2.37. The molecule has 5 nitrogen and oxygen atoms in total. The second-order valence-corrected chi connectivity index (χ2v) is 5.33. The monoisotopic (exact) mass is 274 g/mol. The van der Waals surface area contributed by atoms with Crippen molar-refractivity contribution in [3.05, 3.63) is 24.3 Å². The maximum Gasteiger partial charge on any atom is 0.243 e. The quantitative estimate of drug-likeness (QED) is 0.879. The van der Waals surface area contributed by atoms with E-state index in [-0.39, 0.29) is 11.8 Å². The highest BCUT2D eigenvalue weighted by atomic mass is 16.2. The normalized spacial score (nSPS) is 12.8. The van der Waals surface area contributed by atoms with E-state index in [4.69, 9.17) is 5.73 Å². The Morgan fingerprint density at radius 1 is 1.40 bits per heavy atom. The Balaban J connectivity index is 2.33. The van der Waals surface area contributed by atoms with Gasteiger partial charge in [0, 0.05) is 6.54 Å². The van der Waals surface area contributed by atoms with Gasteiger partial charge in [-0.2, -0.15) is 0 Å². The second kappa shape index (κ2) is 6.05. The summed E-state index contributed by atoms with van der Waals surface area (Å²) in [7, 11) is 0. The minimum atomic E-state index is -0.523. The number of rotatable bonds is 5. The number of para-hydroxylation sites is 2. The van der Waals surface area contributed by atoms with Crippen molar-refractivity contribution >= 4 is 22.9 Å². The number of benzene rings is 1. The van der Waals surface area contributed by atoms with Crippen molar-refractivity contribution in [2.24, 2.45) is 11.7 Å². The smallest absolute Gasteiger partial charge is 0.243 e. The zero-order valence-corrected chi connectivity index (χ0v) is 12.3. The molecule has 1 heterocycles. The molecule has 3 N–H and O–H groups in total. The SMILES string of the molecule is CCCn1c(NC(=O)C(N)C(C)C)nc2ccccc21. The molecule has 0 saturated carbocycles. The first-order valence-electron chi connectivity index (χ1n) is 7.06. The number of aryl methyl sites for hydroxylation is 1. The summed E-state index contributed by atoms with van der Waals surface area (Å²) in [6.07, 6.45) is 0.972. The van der Waals surface area contributed by atoms with Gasteiger partial charge in [0.25, 0.3) is 0 Å². The molecule has 1 aromatic heterocycles. The molecule has 0 aliphatic heterocycles. The van der Waals surface area contributed by atoms with Crippen LogP contribution in [0.2, 0.25) is 0 Å². The highest BCUT2D eigenvalue weighted by molar-refractivity contribution is 5.95. The fraction of sp³-hybridized carbons (Fsp3) is 0.467. The van der Waals surface area contributed by atoms with Crippen LogP contribution in [0.15, 0.2) is 24.3 Å². The van der Waals surface area contributed by atoms with Crippen LogP contribution in [-0.4, -0.2) is 21.5 Å². The van der Waals surface area contributed by atoms with E-state index < -0.39 is 6.04 Å². The second-order valence-electron chi connectivity index (χ2n) is 5.33. The van der Waals surface area contributed by atoms with Crippen LogP contribution in [0.3, 0.4) is 0 Å². The number of anilines is 1. The molecule has 2 aromatic rings. The molecule has 108 valence electrons. The summed E-state index contributed by atoms with van der Waals surface area (Å²) in [6.45, 7) is 6.77. The number of nitrogens with two attached hydrogens (primary N) is 1. The molecule has 0 bridgehead atoms. The third-order valence-corrected chi connectivity index (χ3v) is 3.36. The van der Waals surface area contributed by atoms with Gasteiger partial charge in [0.15, 0.2) is 0 Å². The van der Waals surface area contributed by atoms with Crippen molar-refractivity contribution in [1.82, 2.24) is 9.55 Å². The standard InChI is InChI=1S/C15H22N4O/c1-4-9-19-12-8-6-5-7-11(12)17-15(19)18-14(20)13(16)10(2)3/h5-8,10,13H,4,9,16H2,1-3H3,(H,17,18,20). The first kappa shape index (κ1) is 14.5. The number of aromatic nitrogens is 2. The molecule has 0 aliphatic rings. The van der Waals surface area contributed by atoms with E-state index in [1.54, 1.807) is 0 Å². The van der Waals surface area contributed by atoms with Gasteiger partial charge in [-0.3, -0.25) is 10.1 Å². The van der Waals surface area contributed by atoms with Crippen LogP contribution >= 0.6 is 0 Å².